The summed E-state index contributed by atoms with van der Waals surface area (Å²) in [6.07, 6.45) is -5.09. The minimum Gasteiger partial charge on any atom is -0.372 e. The number of halogens is 4. The standard InChI is InChI=1S/C24H23F4N3O/c1-14-5-4-6-18(11-14)20-21(17-7-9-19(25)10-8-17)29-23(24(26,27)28)30-22(20)31-12-15(2)32-16(3)13-31/h4-11,15-16H,12-13H2,1-3H3. The number of morpholine rings is 1. The average Bonchev–Trinajstić information content (AvgIpc) is 2.72. The molecule has 3 aromatic rings. The molecule has 4 rings (SSSR count). The maximum absolute atomic E-state index is 13.8. The quantitative estimate of drug-likeness (QED) is 0.471. The van der Waals surface area contributed by atoms with Crippen molar-refractivity contribution in [3.05, 3.63) is 65.7 Å². The minimum atomic E-state index is -4.74. The predicted octanol–water partition coefficient (Wildman–Crippen LogP) is 5.89. The molecule has 2 aromatic carbocycles. The van der Waals surface area contributed by atoms with E-state index in [9.17, 15) is 17.6 Å². The molecule has 32 heavy (non-hydrogen) atoms. The SMILES string of the molecule is Cc1cccc(-c2c(-c3ccc(F)cc3)nc(C(F)(F)F)nc2N2CC(C)OC(C)C2)c1. The molecule has 4 nitrogen and oxygen atoms in total. The lowest BCUT2D eigenvalue weighted by atomic mass is 9.97. The zero-order chi connectivity index (χ0) is 23.0. The molecule has 0 N–H and O–H groups in total. The Morgan fingerprint density at radius 3 is 2.19 bits per heavy atom. The Bertz CT molecular complexity index is 1110. The zero-order valence-electron chi connectivity index (χ0n) is 17.9. The summed E-state index contributed by atoms with van der Waals surface area (Å²) in [5, 5.41) is 0. The summed E-state index contributed by atoms with van der Waals surface area (Å²) in [6, 6.07) is 12.7. The van der Waals surface area contributed by atoms with Gasteiger partial charge in [-0.25, -0.2) is 14.4 Å². The van der Waals surface area contributed by atoms with E-state index in [1.165, 1.54) is 24.3 Å². The number of aromatic nitrogens is 2. The summed E-state index contributed by atoms with van der Waals surface area (Å²) >= 11 is 0. The third-order valence-corrected chi connectivity index (χ3v) is 5.29. The van der Waals surface area contributed by atoms with Gasteiger partial charge in [0.2, 0.25) is 5.82 Å². The summed E-state index contributed by atoms with van der Waals surface area (Å²) in [5.74, 6) is -1.51. The van der Waals surface area contributed by atoms with Crippen molar-refractivity contribution >= 4 is 5.82 Å². The molecule has 8 heteroatoms. The number of alkyl halides is 3. The second-order valence-corrected chi connectivity index (χ2v) is 8.13. The van der Waals surface area contributed by atoms with Crippen LogP contribution in [0.25, 0.3) is 22.4 Å². The fourth-order valence-electron chi connectivity index (χ4n) is 4.04. The smallest absolute Gasteiger partial charge is 0.372 e. The van der Waals surface area contributed by atoms with Crippen LogP contribution in [0.15, 0.2) is 48.5 Å². The van der Waals surface area contributed by atoms with Crippen molar-refractivity contribution in [1.82, 2.24) is 9.97 Å². The Morgan fingerprint density at radius 1 is 0.938 bits per heavy atom. The summed E-state index contributed by atoms with van der Waals surface area (Å²) in [6.45, 7) is 6.44. The van der Waals surface area contributed by atoms with Crippen LogP contribution in [0.2, 0.25) is 0 Å². The maximum atomic E-state index is 13.8. The fourth-order valence-corrected chi connectivity index (χ4v) is 4.04. The molecule has 1 fully saturated rings. The molecule has 0 saturated carbocycles. The lowest BCUT2D eigenvalue weighted by Gasteiger charge is -2.37. The van der Waals surface area contributed by atoms with Gasteiger partial charge in [0.1, 0.15) is 11.6 Å². The highest BCUT2D eigenvalue weighted by atomic mass is 19.4. The van der Waals surface area contributed by atoms with Crippen molar-refractivity contribution in [3.63, 3.8) is 0 Å². The van der Waals surface area contributed by atoms with Gasteiger partial charge in [-0.2, -0.15) is 13.2 Å². The van der Waals surface area contributed by atoms with Gasteiger partial charge < -0.3 is 9.64 Å². The van der Waals surface area contributed by atoms with Gasteiger partial charge in [0.15, 0.2) is 0 Å². The second kappa shape index (κ2) is 8.50. The number of aryl methyl sites for hydroxylation is 1. The Balaban J connectivity index is 2.03. The molecule has 2 unspecified atom stereocenters. The van der Waals surface area contributed by atoms with Gasteiger partial charge in [0, 0.05) is 18.7 Å². The highest BCUT2D eigenvalue weighted by Gasteiger charge is 2.38. The maximum Gasteiger partial charge on any atom is 0.451 e. The third-order valence-electron chi connectivity index (χ3n) is 5.29. The summed E-state index contributed by atoms with van der Waals surface area (Å²) in [7, 11) is 0. The van der Waals surface area contributed by atoms with Crippen LogP contribution in [0, 0.1) is 12.7 Å². The van der Waals surface area contributed by atoms with Crippen molar-refractivity contribution in [2.45, 2.75) is 39.2 Å². The molecule has 0 radical (unpaired) electrons. The van der Waals surface area contributed by atoms with Gasteiger partial charge in [0.05, 0.1) is 23.5 Å². The molecule has 0 aliphatic carbocycles. The predicted molar refractivity (Wildman–Crippen MR) is 115 cm³/mol. The summed E-state index contributed by atoms with van der Waals surface area (Å²) in [4.78, 5) is 9.75. The first kappa shape index (κ1) is 22.2. The Hall–Kier alpha value is -3.00. The number of rotatable bonds is 3. The topological polar surface area (TPSA) is 38.2 Å². The van der Waals surface area contributed by atoms with E-state index < -0.39 is 17.8 Å². The van der Waals surface area contributed by atoms with E-state index in [0.29, 0.717) is 29.8 Å². The van der Waals surface area contributed by atoms with Gasteiger partial charge in [-0.15, -0.1) is 0 Å². The van der Waals surface area contributed by atoms with E-state index in [2.05, 4.69) is 9.97 Å². The Morgan fingerprint density at radius 2 is 1.59 bits per heavy atom. The minimum absolute atomic E-state index is 0.111. The van der Waals surface area contributed by atoms with Gasteiger partial charge in [-0.3, -0.25) is 0 Å². The fraction of sp³-hybridized carbons (Fsp3) is 0.333. The molecular formula is C24H23F4N3O. The van der Waals surface area contributed by atoms with Crippen molar-refractivity contribution in [1.29, 1.82) is 0 Å². The Labute approximate surface area is 183 Å². The molecule has 0 bridgehead atoms. The molecule has 1 aromatic heterocycles. The first-order chi connectivity index (χ1) is 15.1. The van der Waals surface area contributed by atoms with E-state index in [-0.39, 0.29) is 23.7 Å². The first-order valence-corrected chi connectivity index (χ1v) is 10.3. The lowest BCUT2D eigenvalue weighted by Crippen LogP contribution is -2.46. The van der Waals surface area contributed by atoms with Crippen LogP contribution in [-0.4, -0.2) is 35.3 Å². The van der Waals surface area contributed by atoms with E-state index in [0.717, 1.165) is 5.56 Å². The van der Waals surface area contributed by atoms with Crippen LogP contribution in [0.4, 0.5) is 23.4 Å². The van der Waals surface area contributed by atoms with Crippen LogP contribution in [0.1, 0.15) is 25.2 Å². The third kappa shape index (κ3) is 4.60. The van der Waals surface area contributed by atoms with Crippen molar-refractivity contribution in [2.24, 2.45) is 0 Å². The van der Waals surface area contributed by atoms with Gasteiger partial charge >= 0.3 is 6.18 Å². The molecule has 1 aliphatic heterocycles. The largest absolute Gasteiger partial charge is 0.451 e. The van der Waals surface area contributed by atoms with E-state index >= 15 is 0 Å². The summed E-state index contributed by atoms with van der Waals surface area (Å²) in [5.41, 5.74) is 2.61. The van der Waals surface area contributed by atoms with E-state index in [1.54, 1.807) is 0 Å². The van der Waals surface area contributed by atoms with Gasteiger partial charge in [-0.1, -0.05) is 29.8 Å². The highest BCUT2D eigenvalue weighted by Crippen LogP contribution is 2.41. The van der Waals surface area contributed by atoms with Crippen LogP contribution >= 0.6 is 0 Å². The monoisotopic (exact) mass is 445 g/mol. The van der Waals surface area contributed by atoms with Crippen molar-refractivity contribution in [2.75, 3.05) is 18.0 Å². The van der Waals surface area contributed by atoms with E-state index in [1.807, 2.05) is 49.9 Å². The second-order valence-electron chi connectivity index (χ2n) is 8.13. The van der Waals surface area contributed by atoms with E-state index in [4.69, 9.17) is 4.74 Å². The first-order valence-electron chi connectivity index (χ1n) is 10.3. The number of ether oxygens (including phenoxy) is 1. The molecule has 0 spiro atoms. The molecule has 1 aliphatic rings. The number of hydrogen-bond donors (Lipinski definition) is 0. The average molecular weight is 445 g/mol. The van der Waals surface area contributed by atoms with Crippen LogP contribution in [0.3, 0.4) is 0 Å². The van der Waals surface area contributed by atoms with Gasteiger partial charge in [0.25, 0.3) is 0 Å². The molecule has 2 atom stereocenters. The zero-order valence-corrected chi connectivity index (χ0v) is 17.9. The highest BCUT2D eigenvalue weighted by molar-refractivity contribution is 5.89. The number of hydrogen-bond acceptors (Lipinski definition) is 4. The molecular weight excluding hydrogens is 422 g/mol. The number of anilines is 1. The molecule has 168 valence electrons. The van der Waals surface area contributed by atoms with Gasteiger partial charge in [-0.05, 0) is 50.6 Å². The normalized spacial score (nSPS) is 19.3. The lowest BCUT2D eigenvalue weighted by molar-refractivity contribution is -0.144. The van der Waals surface area contributed by atoms with Crippen LogP contribution in [-0.2, 0) is 10.9 Å². The van der Waals surface area contributed by atoms with Crippen molar-refractivity contribution in [3.8, 4) is 22.4 Å². The summed E-state index contributed by atoms with van der Waals surface area (Å²) < 4.78 is 60.8. The molecule has 2 heterocycles. The Kier molecular flexibility index (Phi) is 5.90. The van der Waals surface area contributed by atoms with Crippen molar-refractivity contribution < 1.29 is 22.3 Å². The molecule has 1 saturated heterocycles. The number of benzene rings is 2. The van der Waals surface area contributed by atoms with Crippen LogP contribution < -0.4 is 4.90 Å². The number of nitrogens with zero attached hydrogens (tertiary/aromatic N) is 3. The molecule has 0 amide bonds. The van der Waals surface area contributed by atoms with Crippen LogP contribution in [0.5, 0.6) is 0 Å².